The van der Waals surface area contributed by atoms with Crippen LogP contribution in [0.4, 0.5) is 5.69 Å². The predicted octanol–water partition coefficient (Wildman–Crippen LogP) is 5.01. The lowest BCUT2D eigenvalue weighted by Gasteiger charge is -2.20. The van der Waals surface area contributed by atoms with Gasteiger partial charge in [-0.1, -0.05) is 6.07 Å². The molecule has 2 heterocycles. The standard InChI is InChI=1S/C29H30N2O5/c1-32-21-8-6-20(26(14-21)34-3)16-30-29-23-17-31-11-10-19-13-27(35-4)28(36-5)15-22(19)24(31)12-18(23)7-9-25(29)33-2/h6-9,12-15,17H,10-11,16H2,1-5H3/p+1. The molecule has 0 radical (unpaired) electrons. The molecule has 0 atom stereocenters. The molecule has 186 valence electrons. The molecule has 0 amide bonds. The number of hydrogen-bond donors (Lipinski definition) is 1. The molecular formula is C29H31N2O5+. The summed E-state index contributed by atoms with van der Waals surface area (Å²) in [6, 6.07) is 16.3. The van der Waals surface area contributed by atoms with Crippen LogP contribution >= 0.6 is 0 Å². The van der Waals surface area contributed by atoms with Crippen molar-refractivity contribution in [1.29, 1.82) is 0 Å². The van der Waals surface area contributed by atoms with Gasteiger partial charge in [-0.15, -0.1) is 0 Å². The fraction of sp³-hybridized carbons (Fsp3) is 0.276. The van der Waals surface area contributed by atoms with Gasteiger partial charge in [-0.05, 0) is 41.3 Å². The number of benzene rings is 3. The van der Waals surface area contributed by atoms with Gasteiger partial charge < -0.3 is 29.0 Å². The maximum Gasteiger partial charge on any atom is 0.213 e. The Labute approximate surface area is 211 Å². The number of aromatic nitrogens is 1. The third-order valence-electron chi connectivity index (χ3n) is 6.80. The van der Waals surface area contributed by atoms with Crippen LogP contribution in [0.1, 0.15) is 11.1 Å². The lowest BCUT2D eigenvalue weighted by molar-refractivity contribution is -0.686. The molecule has 0 bridgehead atoms. The number of hydrogen-bond acceptors (Lipinski definition) is 6. The van der Waals surface area contributed by atoms with Gasteiger partial charge >= 0.3 is 0 Å². The number of ether oxygens (including phenoxy) is 5. The third kappa shape index (κ3) is 4.11. The Morgan fingerprint density at radius 2 is 1.50 bits per heavy atom. The summed E-state index contributed by atoms with van der Waals surface area (Å²) < 4.78 is 30.1. The first kappa shape index (κ1) is 23.6. The van der Waals surface area contributed by atoms with Crippen LogP contribution in [0.25, 0.3) is 22.0 Å². The summed E-state index contributed by atoms with van der Waals surface area (Å²) in [4.78, 5) is 0. The predicted molar refractivity (Wildman–Crippen MR) is 140 cm³/mol. The Hall–Kier alpha value is -4.13. The summed E-state index contributed by atoms with van der Waals surface area (Å²) in [5, 5.41) is 5.81. The van der Waals surface area contributed by atoms with Gasteiger partial charge in [0.25, 0.3) is 0 Å². The molecule has 7 heteroatoms. The van der Waals surface area contributed by atoms with Crippen molar-refractivity contribution in [3.8, 4) is 40.0 Å². The van der Waals surface area contributed by atoms with Crippen LogP contribution in [-0.2, 0) is 19.5 Å². The number of nitrogens with zero attached hydrogens (tertiary/aromatic N) is 1. The average molecular weight is 488 g/mol. The van der Waals surface area contributed by atoms with Crippen LogP contribution in [0.15, 0.2) is 54.7 Å². The first-order chi connectivity index (χ1) is 17.6. The van der Waals surface area contributed by atoms with E-state index in [1.807, 2.05) is 24.3 Å². The van der Waals surface area contributed by atoms with Crippen LogP contribution in [0.2, 0.25) is 0 Å². The van der Waals surface area contributed by atoms with Gasteiger partial charge in [0.15, 0.2) is 24.2 Å². The molecule has 3 aromatic carbocycles. The second kappa shape index (κ2) is 9.85. The molecule has 1 aliphatic heterocycles. The largest absolute Gasteiger partial charge is 0.497 e. The number of nitrogens with one attached hydrogen (secondary N) is 1. The van der Waals surface area contributed by atoms with Crippen molar-refractivity contribution >= 4 is 16.5 Å². The van der Waals surface area contributed by atoms with E-state index in [1.165, 1.54) is 5.56 Å². The van der Waals surface area contributed by atoms with Gasteiger partial charge in [-0.25, -0.2) is 0 Å². The summed E-state index contributed by atoms with van der Waals surface area (Å²) >= 11 is 0. The summed E-state index contributed by atoms with van der Waals surface area (Å²) in [6.45, 7) is 1.45. The van der Waals surface area contributed by atoms with Crippen molar-refractivity contribution in [2.24, 2.45) is 0 Å². The molecule has 0 saturated heterocycles. The third-order valence-corrected chi connectivity index (χ3v) is 6.80. The fourth-order valence-electron chi connectivity index (χ4n) is 4.89. The summed E-state index contributed by atoms with van der Waals surface area (Å²) in [5.41, 5.74) is 5.54. The summed E-state index contributed by atoms with van der Waals surface area (Å²) in [7, 11) is 8.36. The molecule has 0 spiro atoms. The molecule has 0 fully saturated rings. The minimum Gasteiger partial charge on any atom is -0.497 e. The quantitative estimate of drug-likeness (QED) is 0.353. The van der Waals surface area contributed by atoms with Crippen molar-refractivity contribution in [3.05, 3.63) is 65.9 Å². The zero-order chi connectivity index (χ0) is 25.2. The van der Waals surface area contributed by atoms with Gasteiger partial charge in [0, 0.05) is 30.7 Å². The Morgan fingerprint density at radius 1 is 0.750 bits per heavy atom. The van der Waals surface area contributed by atoms with E-state index < -0.39 is 0 Å². The van der Waals surface area contributed by atoms with Crippen LogP contribution in [-0.4, -0.2) is 35.5 Å². The Morgan fingerprint density at radius 3 is 2.22 bits per heavy atom. The minimum atomic E-state index is 0.574. The average Bonchev–Trinajstić information content (AvgIpc) is 2.93. The number of rotatable bonds is 8. The molecule has 1 aliphatic rings. The first-order valence-corrected chi connectivity index (χ1v) is 11.8. The number of pyridine rings is 1. The fourth-order valence-corrected chi connectivity index (χ4v) is 4.89. The van der Waals surface area contributed by atoms with E-state index in [0.717, 1.165) is 75.0 Å². The first-order valence-electron chi connectivity index (χ1n) is 11.8. The summed E-state index contributed by atoms with van der Waals surface area (Å²) in [6.07, 6.45) is 3.12. The molecule has 0 aliphatic carbocycles. The van der Waals surface area contributed by atoms with Crippen molar-refractivity contribution in [2.75, 3.05) is 40.9 Å². The number of anilines is 1. The molecule has 36 heavy (non-hydrogen) atoms. The molecule has 1 N–H and O–H groups in total. The SMILES string of the molecule is COc1ccc(CNc2c(OC)ccc3cc4[n+](cc23)CCc2cc(OC)c(OC)cc2-4)c(OC)c1. The second-order valence-corrected chi connectivity index (χ2v) is 8.64. The van der Waals surface area contributed by atoms with E-state index in [0.29, 0.717) is 6.54 Å². The van der Waals surface area contributed by atoms with Crippen molar-refractivity contribution in [3.63, 3.8) is 0 Å². The smallest absolute Gasteiger partial charge is 0.213 e. The monoisotopic (exact) mass is 487 g/mol. The van der Waals surface area contributed by atoms with Gasteiger partial charge in [-0.2, -0.15) is 4.57 Å². The van der Waals surface area contributed by atoms with Gasteiger partial charge in [0.2, 0.25) is 5.69 Å². The van der Waals surface area contributed by atoms with Crippen molar-refractivity contribution in [1.82, 2.24) is 0 Å². The van der Waals surface area contributed by atoms with Crippen LogP contribution in [0.3, 0.4) is 0 Å². The minimum absolute atomic E-state index is 0.574. The number of aryl methyl sites for hydroxylation is 2. The Kier molecular flexibility index (Phi) is 6.46. The molecular weight excluding hydrogens is 456 g/mol. The molecule has 0 unspecified atom stereocenters. The molecule has 4 aromatic rings. The van der Waals surface area contributed by atoms with E-state index in [-0.39, 0.29) is 0 Å². The van der Waals surface area contributed by atoms with Crippen molar-refractivity contribution < 1.29 is 28.3 Å². The highest BCUT2D eigenvalue weighted by Gasteiger charge is 2.27. The Bertz CT molecular complexity index is 1430. The molecule has 5 rings (SSSR count). The lowest BCUT2D eigenvalue weighted by atomic mass is 9.95. The zero-order valence-electron chi connectivity index (χ0n) is 21.3. The normalized spacial score (nSPS) is 11.9. The summed E-state index contributed by atoms with van der Waals surface area (Å²) in [5.74, 6) is 3.81. The maximum atomic E-state index is 5.74. The topological polar surface area (TPSA) is 62.1 Å². The number of methoxy groups -OCH3 is 5. The number of fused-ring (bicyclic) bond motifs is 4. The van der Waals surface area contributed by atoms with E-state index in [1.54, 1.807) is 35.5 Å². The Balaban J connectivity index is 1.57. The highest BCUT2D eigenvalue weighted by atomic mass is 16.5. The van der Waals surface area contributed by atoms with Gasteiger partial charge in [0.05, 0.1) is 52.2 Å². The van der Waals surface area contributed by atoms with Crippen LogP contribution in [0.5, 0.6) is 28.7 Å². The van der Waals surface area contributed by atoms with Gasteiger partial charge in [-0.3, -0.25) is 0 Å². The van der Waals surface area contributed by atoms with Crippen LogP contribution in [0, 0.1) is 0 Å². The highest BCUT2D eigenvalue weighted by molar-refractivity contribution is 5.97. The van der Waals surface area contributed by atoms with E-state index >= 15 is 0 Å². The molecule has 7 nitrogen and oxygen atoms in total. The zero-order valence-corrected chi connectivity index (χ0v) is 21.3. The highest BCUT2D eigenvalue weighted by Crippen LogP contribution is 2.39. The van der Waals surface area contributed by atoms with Crippen LogP contribution < -0.4 is 33.6 Å². The maximum absolute atomic E-state index is 5.74. The van der Waals surface area contributed by atoms with E-state index in [2.05, 4.69) is 40.3 Å². The second-order valence-electron chi connectivity index (χ2n) is 8.64. The molecule has 0 saturated carbocycles. The van der Waals surface area contributed by atoms with Gasteiger partial charge in [0.1, 0.15) is 17.2 Å². The van der Waals surface area contributed by atoms with E-state index in [4.69, 9.17) is 23.7 Å². The van der Waals surface area contributed by atoms with Crippen molar-refractivity contribution in [2.45, 2.75) is 19.5 Å². The molecule has 1 aromatic heterocycles. The lowest BCUT2D eigenvalue weighted by Crippen LogP contribution is -2.40. The van der Waals surface area contributed by atoms with E-state index in [9.17, 15) is 0 Å².